The number of fused-ring (bicyclic) bond motifs is 1. The lowest BCUT2D eigenvalue weighted by atomic mass is 10.2. The number of anilines is 4. The van der Waals surface area contributed by atoms with E-state index < -0.39 is 0 Å². The Morgan fingerprint density at radius 1 is 1.00 bits per heavy atom. The molecule has 0 unspecified atom stereocenters. The third-order valence-electron chi connectivity index (χ3n) is 3.30. The molecule has 4 N–H and O–H groups in total. The molecule has 3 aromatic heterocycles. The number of nitrogens with one attached hydrogen (secondary N) is 4. The van der Waals surface area contributed by atoms with Crippen LogP contribution in [0.4, 0.5) is 23.4 Å². The number of hydrogen-bond donors (Lipinski definition) is 4. The zero-order valence-corrected chi connectivity index (χ0v) is 12.3. The van der Waals surface area contributed by atoms with Crippen LogP contribution in [0.3, 0.4) is 0 Å². The van der Waals surface area contributed by atoms with Crippen LogP contribution in [-0.4, -0.2) is 30.4 Å². The van der Waals surface area contributed by atoms with E-state index in [1.807, 2.05) is 43.3 Å². The molecule has 4 rings (SSSR count). The van der Waals surface area contributed by atoms with Crippen molar-refractivity contribution in [3.05, 3.63) is 48.3 Å². The summed E-state index contributed by atoms with van der Waals surface area (Å²) in [6.07, 6.45) is 1.68. The molecular formula is C15H14N8. The first kappa shape index (κ1) is 13.3. The van der Waals surface area contributed by atoms with Gasteiger partial charge in [-0.05, 0) is 19.1 Å². The zero-order valence-electron chi connectivity index (χ0n) is 12.3. The van der Waals surface area contributed by atoms with Gasteiger partial charge in [0, 0.05) is 23.2 Å². The van der Waals surface area contributed by atoms with Crippen molar-refractivity contribution in [2.75, 3.05) is 10.6 Å². The maximum absolute atomic E-state index is 4.55. The third-order valence-corrected chi connectivity index (χ3v) is 3.30. The van der Waals surface area contributed by atoms with Crippen molar-refractivity contribution in [3.8, 4) is 0 Å². The van der Waals surface area contributed by atoms with Crippen molar-refractivity contribution in [1.82, 2.24) is 30.4 Å². The standard InChI is InChI=1S/C15H14N8/c1-9-8-13(23-21-9)19-15-17-11-5-3-2-4-10(11)14(20-15)18-12-6-7-16-22-12/h2-8H,1H3,(H4,16,17,18,19,20,21,22,23). The summed E-state index contributed by atoms with van der Waals surface area (Å²) >= 11 is 0. The first-order valence-corrected chi connectivity index (χ1v) is 7.10. The van der Waals surface area contributed by atoms with Gasteiger partial charge in [0.15, 0.2) is 5.82 Å². The minimum Gasteiger partial charge on any atom is -0.325 e. The first-order chi connectivity index (χ1) is 11.3. The largest absolute Gasteiger partial charge is 0.325 e. The van der Waals surface area contributed by atoms with Gasteiger partial charge in [0.1, 0.15) is 11.6 Å². The molecule has 3 heterocycles. The molecule has 23 heavy (non-hydrogen) atoms. The molecule has 0 saturated heterocycles. The minimum absolute atomic E-state index is 0.470. The Labute approximate surface area is 131 Å². The molecule has 8 nitrogen and oxygen atoms in total. The summed E-state index contributed by atoms with van der Waals surface area (Å²) in [6.45, 7) is 1.94. The van der Waals surface area contributed by atoms with Gasteiger partial charge in [-0.1, -0.05) is 12.1 Å². The fourth-order valence-corrected chi connectivity index (χ4v) is 2.28. The van der Waals surface area contributed by atoms with Crippen molar-refractivity contribution in [3.63, 3.8) is 0 Å². The molecule has 1 aromatic carbocycles. The van der Waals surface area contributed by atoms with Gasteiger partial charge in [0.25, 0.3) is 0 Å². The summed E-state index contributed by atoms with van der Waals surface area (Å²) in [7, 11) is 0. The monoisotopic (exact) mass is 306 g/mol. The Morgan fingerprint density at radius 2 is 1.91 bits per heavy atom. The second-order valence-electron chi connectivity index (χ2n) is 5.07. The summed E-state index contributed by atoms with van der Waals surface area (Å²) < 4.78 is 0. The molecule has 0 aliphatic carbocycles. The maximum atomic E-state index is 4.55. The summed E-state index contributed by atoms with van der Waals surface area (Å²) in [4.78, 5) is 9.07. The molecule has 114 valence electrons. The molecule has 0 saturated carbocycles. The SMILES string of the molecule is Cc1cc(Nc2nc(Nc3ccn[nH]3)c3ccccc3n2)n[nH]1. The number of aryl methyl sites for hydroxylation is 1. The van der Waals surface area contributed by atoms with Crippen LogP contribution in [0.5, 0.6) is 0 Å². The molecule has 0 radical (unpaired) electrons. The fraction of sp³-hybridized carbons (Fsp3) is 0.0667. The van der Waals surface area contributed by atoms with Crippen molar-refractivity contribution >= 4 is 34.3 Å². The number of benzene rings is 1. The van der Waals surface area contributed by atoms with Gasteiger partial charge in [0.05, 0.1) is 11.7 Å². The van der Waals surface area contributed by atoms with E-state index in [0.29, 0.717) is 17.6 Å². The van der Waals surface area contributed by atoms with Crippen LogP contribution in [-0.2, 0) is 0 Å². The van der Waals surface area contributed by atoms with Gasteiger partial charge < -0.3 is 10.6 Å². The second kappa shape index (κ2) is 5.41. The lowest BCUT2D eigenvalue weighted by Crippen LogP contribution is -2.02. The smallest absolute Gasteiger partial charge is 0.230 e. The highest BCUT2D eigenvalue weighted by atomic mass is 15.2. The Kier molecular flexibility index (Phi) is 3.12. The van der Waals surface area contributed by atoms with E-state index in [4.69, 9.17) is 0 Å². The quantitative estimate of drug-likeness (QED) is 0.462. The van der Waals surface area contributed by atoms with Gasteiger partial charge >= 0.3 is 0 Å². The van der Waals surface area contributed by atoms with Gasteiger partial charge in [0.2, 0.25) is 5.95 Å². The fourth-order valence-electron chi connectivity index (χ4n) is 2.28. The van der Waals surface area contributed by atoms with Crippen LogP contribution in [0.15, 0.2) is 42.6 Å². The van der Waals surface area contributed by atoms with Crippen LogP contribution in [0.2, 0.25) is 0 Å². The Hall–Kier alpha value is -3.42. The average molecular weight is 306 g/mol. The predicted octanol–water partition coefficient (Wildman–Crippen LogP) is 2.87. The van der Waals surface area contributed by atoms with E-state index in [1.165, 1.54) is 0 Å². The van der Waals surface area contributed by atoms with Gasteiger partial charge in [-0.2, -0.15) is 15.2 Å². The first-order valence-electron chi connectivity index (χ1n) is 7.10. The van der Waals surface area contributed by atoms with Crippen molar-refractivity contribution in [1.29, 1.82) is 0 Å². The average Bonchev–Trinajstić information content (AvgIpc) is 3.19. The van der Waals surface area contributed by atoms with E-state index in [2.05, 4.69) is 41.0 Å². The molecule has 8 heteroatoms. The van der Waals surface area contributed by atoms with Crippen molar-refractivity contribution in [2.45, 2.75) is 6.92 Å². The van der Waals surface area contributed by atoms with Crippen LogP contribution in [0.25, 0.3) is 10.9 Å². The second-order valence-corrected chi connectivity index (χ2v) is 5.07. The van der Waals surface area contributed by atoms with E-state index in [0.717, 1.165) is 22.4 Å². The van der Waals surface area contributed by atoms with E-state index in [1.54, 1.807) is 6.20 Å². The topological polar surface area (TPSA) is 107 Å². The molecule has 0 aliphatic heterocycles. The molecule has 0 fully saturated rings. The summed E-state index contributed by atoms with van der Waals surface area (Å²) in [5, 5.41) is 21.1. The number of aromatic nitrogens is 6. The van der Waals surface area contributed by atoms with E-state index in [9.17, 15) is 0 Å². The molecule has 4 aromatic rings. The van der Waals surface area contributed by atoms with Crippen LogP contribution in [0.1, 0.15) is 5.69 Å². The number of para-hydroxylation sites is 1. The lowest BCUT2D eigenvalue weighted by molar-refractivity contribution is 1.04. The van der Waals surface area contributed by atoms with Gasteiger partial charge in [-0.3, -0.25) is 10.2 Å². The number of hydrogen-bond acceptors (Lipinski definition) is 6. The predicted molar refractivity (Wildman–Crippen MR) is 88.0 cm³/mol. The molecular weight excluding hydrogens is 292 g/mol. The van der Waals surface area contributed by atoms with Crippen LogP contribution >= 0.6 is 0 Å². The zero-order chi connectivity index (χ0) is 15.6. The number of nitrogens with zero attached hydrogens (tertiary/aromatic N) is 4. The number of aromatic amines is 2. The molecule has 0 bridgehead atoms. The molecule has 0 spiro atoms. The summed E-state index contributed by atoms with van der Waals surface area (Å²) in [5.74, 6) is 2.59. The summed E-state index contributed by atoms with van der Waals surface area (Å²) in [6, 6.07) is 11.5. The number of H-pyrrole nitrogens is 2. The Balaban J connectivity index is 1.76. The van der Waals surface area contributed by atoms with Crippen LogP contribution < -0.4 is 10.6 Å². The number of rotatable bonds is 4. The molecule has 0 amide bonds. The van der Waals surface area contributed by atoms with E-state index >= 15 is 0 Å². The lowest BCUT2D eigenvalue weighted by Gasteiger charge is -2.09. The molecule has 0 atom stereocenters. The minimum atomic E-state index is 0.470. The Morgan fingerprint density at radius 3 is 2.70 bits per heavy atom. The van der Waals surface area contributed by atoms with Crippen molar-refractivity contribution < 1.29 is 0 Å². The highest BCUT2D eigenvalue weighted by Crippen LogP contribution is 2.25. The van der Waals surface area contributed by atoms with Gasteiger partial charge in [-0.15, -0.1) is 0 Å². The van der Waals surface area contributed by atoms with Gasteiger partial charge in [-0.25, -0.2) is 4.98 Å². The van der Waals surface area contributed by atoms with E-state index in [-0.39, 0.29) is 0 Å². The van der Waals surface area contributed by atoms with Crippen molar-refractivity contribution in [2.24, 2.45) is 0 Å². The summed E-state index contributed by atoms with van der Waals surface area (Å²) in [5.41, 5.74) is 1.79. The Bertz CT molecular complexity index is 941. The third kappa shape index (κ3) is 2.69. The van der Waals surface area contributed by atoms with Crippen LogP contribution in [0, 0.1) is 6.92 Å². The maximum Gasteiger partial charge on any atom is 0.230 e. The normalized spacial score (nSPS) is 10.8. The highest BCUT2D eigenvalue weighted by Gasteiger charge is 2.09. The highest BCUT2D eigenvalue weighted by molar-refractivity contribution is 5.91. The molecule has 0 aliphatic rings.